The van der Waals surface area contributed by atoms with Crippen LogP contribution in [0.4, 0.5) is 0 Å². The van der Waals surface area contributed by atoms with Crippen molar-refractivity contribution in [2.24, 2.45) is 5.92 Å². The van der Waals surface area contributed by atoms with E-state index >= 15 is 0 Å². The standard InChI is InChI=1S/C9H20Ge2O2/c1-3-5-7-8(6-4-2)9(12)13-11-10/h4,8H,2-3,5-7,11H2,1,10H3. The summed E-state index contributed by atoms with van der Waals surface area (Å²) in [4.78, 5) is 11.4. The molecule has 0 saturated heterocycles. The van der Waals surface area contributed by atoms with Gasteiger partial charge < -0.3 is 0 Å². The number of allylic oxidation sites excluding steroid dienone is 1. The first-order valence-electron chi connectivity index (χ1n) is 5.03. The molecule has 0 N–H and O–H groups in total. The molecule has 0 amide bonds. The van der Waals surface area contributed by atoms with Gasteiger partial charge in [0, 0.05) is 0 Å². The second-order valence-corrected chi connectivity index (χ2v) is 11.2. The minimum absolute atomic E-state index is 0.0569. The Hall–Kier alpha value is 0.296. The first-order chi connectivity index (χ1) is 6.26. The third-order valence-electron chi connectivity index (χ3n) is 1.98. The van der Waals surface area contributed by atoms with Gasteiger partial charge in [-0.25, -0.2) is 0 Å². The molecule has 0 spiro atoms. The van der Waals surface area contributed by atoms with E-state index in [-0.39, 0.29) is 11.9 Å². The van der Waals surface area contributed by atoms with E-state index in [1.165, 1.54) is 0 Å². The van der Waals surface area contributed by atoms with Crippen LogP contribution in [0.5, 0.6) is 0 Å². The summed E-state index contributed by atoms with van der Waals surface area (Å²) in [5, 5.41) is 0. The van der Waals surface area contributed by atoms with Crippen LogP contribution in [0.25, 0.3) is 0 Å². The zero-order valence-corrected chi connectivity index (χ0v) is 15.9. The molecule has 13 heavy (non-hydrogen) atoms. The van der Waals surface area contributed by atoms with E-state index in [0.717, 1.165) is 40.2 Å². The summed E-state index contributed by atoms with van der Waals surface area (Å²) in [5.41, 5.74) is 0. The molecule has 0 fully saturated rings. The SMILES string of the molecule is C=CCC(CCCC)C(=O)[O][GeH2][GeH3]. The molecule has 0 aromatic carbocycles. The monoisotopic (exact) mass is 308 g/mol. The maximum absolute atomic E-state index is 11.4. The molecule has 0 aromatic heterocycles. The summed E-state index contributed by atoms with van der Waals surface area (Å²) in [6.45, 7) is 5.81. The van der Waals surface area contributed by atoms with Crippen molar-refractivity contribution in [1.29, 1.82) is 0 Å². The molecule has 0 aliphatic carbocycles. The molecule has 0 aromatic rings. The van der Waals surface area contributed by atoms with Crippen molar-refractivity contribution in [1.82, 2.24) is 0 Å². The fraction of sp³-hybridized carbons (Fsp3) is 0.667. The number of carbonyl (C=O) groups is 1. The number of unbranched alkanes of at least 4 members (excludes halogenated alkanes) is 1. The number of hydrogen-bond donors (Lipinski definition) is 0. The van der Waals surface area contributed by atoms with E-state index in [1.807, 2.05) is 6.08 Å². The van der Waals surface area contributed by atoms with Crippen molar-refractivity contribution in [3.05, 3.63) is 12.7 Å². The average molecular weight is 305 g/mol. The van der Waals surface area contributed by atoms with Crippen molar-refractivity contribution in [3.63, 3.8) is 0 Å². The molecule has 0 saturated carbocycles. The molecule has 0 aliphatic heterocycles. The number of hydrogen-bond acceptors (Lipinski definition) is 2. The summed E-state index contributed by atoms with van der Waals surface area (Å²) in [6.07, 6.45) is 5.84. The normalized spacial score (nSPS) is 13.3. The Morgan fingerprint density at radius 1 is 1.77 bits per heavy atom. The van der Waals surface area contributed by atoms with Crippen molar-refractivity contribution >= 4 is 34.3 Å². The Morgan fingerprint density at radius 2 is 2.46 bits per heavy atom. The van der Waals surface area contributed by atoms with Gasteiger partial charge in [0.25, 0.3) is 0 Å². The maximum atomic E-state index is 11.4. The van der Waals surface area contributed by atoms with Crippen molar-refractivity contribution in [2.75, 3.05) is 0 Å². The van der Waals surface area contributed by atoms with E-state index in [1.54, 1.807) is 0 Å². The summed E-state index contributed by atoms with van der Waals surface area (Å²) < 4.78 is 5.24. The van der Waals surface area contributed by atoms with E-state index in [0.29, 0.717) is 0 Å². The van der Waals surface area contributed by atoms with Crippen LogP contribution in [-0.2, 0) is 8.56 Å². The fourth-order valence-electron chi connectivity index (χ4n) is 1.24. The molecule has 0 bridgehead atoms. The average Bonchev–Trinajstić information content (AvgIpc) is 2.12. The number of carbonyl (C=O) groups excluding carboxylic acids is 1. The minimum atomic E-state index is -0.788. The van der Waals surface area contributed by atoms with Crippen LogP contribution in [0.1, 0.15) is 32.6 Å². The van der Waals surface area contributed by atoms with E-state index < -0.39 is 13.8 Å². The molecule has 4 heteroatoms. The van der Waals surface area contributed by atoms with E-state index in [9.17, 15) is 4.79 Å². The summed E-state index contributed by atoms with van der Waals surface area (Å²) in [7, 11) is 0. The van der Waals surface area contributed by atoms with Gasteiger partial charge in [-0.15, -0.1) is 0 Å². The summed E-state index contributed by atoms with van der Waals surface area (Å²) >= 11 is 0.00307. The van der Waals surface area contributed by atoms with Gasteiger partial charge >= 0.3 is 94.1 Å². The Bertz CT molecular complexity index is 160. The molecular weight excluding hydrogens is 285 g/mol. The van der Waals surface area contributed by atoms with Gasteiger partial charge in [0.1, 0.15) is 0 Å². The fourth-order valence-corrected chi connectivity index (χ4v) is 5.44. The van der Waals surface area contributed by atoms with E-state index in [4.69, 9.17) is 3.76 Å². The Balaban J connectivity index is 3.90. The Labute approximate surface area is 93.9 Å². The van der Waals surface area contributed by atoms with Gasteiger partial charge in [-0.2, -0.15) is 0 Å². The zero-order valence-electron chi connectivity index (χ0n) is 8.71. The van der Waals surface area contributed by atoms with Crippen LogP contribution in [-0.4, -0.2) is 34.3 Å². The van der Waals surface area contributed by atoms with Gasteiger partial charge in [-0.3, -0.25) is 0 Å². The van der Waals surface area contributed by atoms with Crippen molar-refractivity contribution in [2.45, 2.75) is 32.6 Å². The number of rotatable bonds is 7. The van der Waals surface area contributed by atoms with Crippen LogP contribution >= 0.6 is 0 Å². The second-order valence-electron chi connectivity index (χ2n) is 3.12. The van der Waals surface area contributed by atoms with E-state index in [2.05, 4.69) is 13.5 Å². The first kappa shape index (κ1) is 13.3. The Kier molecular flexibility index (Phi) is 9.08. The van der Waals surface area contributed by atoms with Crippen LogP contribution in [0.15, 0.2) is 12.7 Å². The van der Waals surface area contributed by atoms with Gasteiger partial charge in [-0.05, 0) is 0 Å². The molecule has 1 unspecified atom stereocenters. The molecule has 0 heterocycles. The van der Waals surface area contributed by atoms with Crippen molar-refractivity contribution in [3.8, 4) is 0 Å². The third kappa shape index (κ3) is 6.38. The first-order valence-corrected chi connectivity index (χ1v) is 24.6. The molecule has 1 atom stereocenters. The summed E-state index contributed by atoms with van der Waals surface area (Å²) in [6, 6.07) is 0. The van der Waals surface area contributed by atoms with Crippen LogP contribution in [0, 0.1) is 5.92 Å². The van der Waals surface area contributed by atoms with Crippen LogP contribution < -0.4 is 0 Å². The van der Waals surface area contributed by atoms with Gasteiger partial charge in [-0.1, -0.05) is 0 Å². The van der Waals surface area contributed by atoms with Gasteiger partial charge in [0.15, 0.2) is 0 Å². The van der Waals surface area contributed by atoms with Crippen LogP contribution in [0.3, 0.4) is 0 Å². The molecule has 2 nitrogen and oxygen atoms in total. The van der Waals surface area contributed by atoms with Crippen molar-refractivity contribution < 1.29 is 8.56 Å². The molecule has 0 aliphatic rings. The predicted molar refractivity (Wildman–Crippen MR) is 62.4 cm³/mol. The Morgan fingerprint density at radius 3 is 2.92 bits per heavy atom. The van der Waals surface area contributed by atoms with Crippen LogP contribution in [0.2, 0.25) is 0 Å². The second kappa shape index (κ2) is 8.87. The summed E-state index contributed by atoms with van der Waals surface area (Å²) in [5.74, 6) is 0.159. The molecular formula is C9H20Ge2O2. The van der Waals surface area contributed by atoms with Gasteiger partial charge in [0.2, 0.25) is 0 Å². The topological polar surface area (TPSA) is 26.3 Å². The molecule has 0 rings (SSSR count). The quantitative estimate of drug-likeness (QED) is 0.499. The molecule has 76 valence electrons. The zero-order chi connectivity index (χ0) is 10.1. The van der Waals surface area contributed by atoms with Gasteiger partial charge in [0.05, 0.1) is 0 Å². The predicted octanol–water partition coefficient (Wildman–Crippen LogP) is 0.276. The third-order valence-corrected chi connectivity index (χ3v) is 6.33. The molecule has 0 radical (unpaired) electrons.